The van der Waals surface area contributed by atoms with Crippen LogP contribution in [0.3, 0.4) is 0 Å². The number of carbonyl (C=O) groups excluding carboxylic acids is 3. The van der Waals surface area contributed by atoms with Crippen molar-refractivity contribution in [2.75, 3.05) is 26.8 Å². The lowest BCUT2D eigenvalue weighted by molar-refractivity contribution is -0.136. The molecule has 2 aromatic carbocycles. The van der Waals surface area contributed by atoms with E-state index in [4.69, 9.17) is 14.5 Å². The minimum absolute atomic E-state index is 0.0681. The van der Waals surface area contributed by atoms with Crippen LogP contribution < -0.4 is 10.1 Å². The van der Waals surface area contributed by atoms with Crippen molar-refractivity contribution < 1.29 is 23.9 Å². The van der Waals surface area contributed by atoms with Crippen LogP contribution in [0.2, 0.25) is 0 Å². The summed E-state index contributed by atoms with van der Waals surface area (Å²) < 4.78 is 11.8. The molecule has 1 saturated carbocycles. The highest BCUT2D eigenvalue weighted by atomic mass is 16.5. The number of hydrogen-bond acceptors (Lipinski definition) is 7. The van der Waals surface area contributed by atoms with Crippen LogP contribution in [0.1, 0.15) is 78.0 Å². The van der Waals surface area contributed by atoms with E-state index in [1.807, 2.05) is 12.1 Å². The number of pyridine rings is 1. The molecule has 4 atom stereocenters. The minimum atomic E-state index is -0.612. The van der Waals surface area contributed by atoms with Gasteiger partial charge < -0.3 is 14.4 Å². The van der Waals surface area contributed by atoms with Crippen LogP contribution in [0, 0.1) is 5.92 Å². The maximum atomic E-state index is 13.0. The van der Waals surface area contributed by atoms with Crippen molar-refractivity contribution >= 4 is 28.6 Å². The monoisotopic (exact) mass is 596 g/mol. The van der Waals surface area contributed by atoms with E-state index in [1.54, 1.807) is 18.1 Å². The molecule has 1 aliphatic carbocycles. The van der Waals surface area contributed by atoms with Crippen molar-refractivity contribution in [1.82, 2.24) is 20.1 Å². The molecule has 9 heteroatoms. The van der Waals surface area contributed by atoms with Crippen LogP contribution in [0.4, 0.5) is 0 Å². The summed E-state index contributed by atoms with van der Waals surface area (Å²) in [6.45, 7) is 3.84. The van der Waals surface area contributed by atoms with Gasteiger partial charge in [-0.1, -0.05) is 18.6 Å². The van der Waals surface area contributed by atoms with Crippen molar-refractivity contribution in [3.05, 3.63) is 70.9 Å². The third-order valence-electron chi connectivity index (χ3n) is 9.81. The van der Waals surface area contributed by atoms with Crippen LogP contribution in [-0.4, -0.2) is 71.5 Å². The molecule has 4 aliphatic rings. The van der Waals surface area contributed by atoms with Crippen LogP contribution in [-0.2, 0) is 27.4 Å². The SMILES string of the molecule is COC[C@@H]1CCC[C@H](c2ccc3cc(CN4CC[C@H](Oc5ccc6c(c5)CN(C5CCC(=O)NC5=O)C6=O)C4)ccc3n2)C1. The summed E-state index contributed by atoms with van der Waals surface area (Å²) in [6.07, 6.45) is 6.47. The van der Waals surface area contributed by atoms with E-state index in [-0.39, 0.29) is 24.3 Å². The number of likely N-dealkylation sites (tertiary alicyclic amines) is 1. The lowest BCUT2D eigenvalue weighted by Gasteiger charge is -2.29. The fourth-order valence-corrected chi connectivity index (χ4v) is 7.57. The van der Waals surface area contributed by atoms with E-state index in [2.05, 4.69) is 40.5 Å². The Labute approximate surface area is 257 Å². The number of rotatable bonds is 8. The largest absolute Gasteiger partial charge is 0.489 e. The van der Waals surface area contributed by atoms with E-state index in [9.17, 15) is 14.4 Å². The van der Waals surface area contributed by atoms with E-state index in [1.165, 1.54) is 35.9 Å². The fraction of sp³-hybridized carbons (Fsp3) is 0.486. The van der Waals surface area contributed by atoms with E-state index < -0.39 is 11.9 Å². The van der Waals surface area contributed by atoms with Gasteiger partial charge in [-0.3, -0.25) is 29.6 Å². The van der Waals surface area contributed by atoms with Crippen LogP contribution in [0.15, 0.2) is 48.5 Å². The van der Waals surface area contributed by atoms with Crippen molar-refractivity contribution in [1.29, 1.82) is 0 Å². The number of piperidine rings is 1. The summed E-state index contributed by atoms with van der Waals surface area (Å²) in [4.78, 5) is 46.0. The number of carbonyl (C=O) groups is 3. The summed E-state index contributed by atoms with van der Waals surface area (Å²) in [5, 5.41) is 3.54. The number of nitrogens with one attached hydrogen (secondary N) is 1. The molecule has 0 spiro atoms. The molecule has 1 unspecified atom stereocenters. The predicted octanol–water partition coefficient (Wildman–Crippen LogP) is 4.57. The van der Waals surface area contributed by atoms with Crippen molar-refractivity contribution in [3.63, 3.8) is 0 Å². The second-order valence-corrected chi connectivity index (χ2v) is 12.9. The van der Waals surface area contributed by atoms with Gasteiger partial charge in [-0.2, -0.15) is 0 Å². The molecule has 3 aromatic rings. The molecule has 3 fully saturated rings. The number of benzene rings is 2. The van der Waals surface area contributed by atoms with Gasteiger partial charge >= 0.3 is 0 Å². The maximum Gasteiger partial charge on any atom is 0.255 e. The Morgan fingerprint density at radius 3 is 2.77 bits per heavy atom. The Hall–Kier alpha value is -3.82. The normalized spacial score (nSPS) is 25.8. The predicted molar refractivity (Wildman–Crippen MR) is 165 cm³/mol. The standard InChI is InChI=1S/C35H40N4O5/c1-43-21-23-3-2-4-24(16-23)31-10-6-25-15-22(5-9-30(25)36-31)18-38-14-13-28(20-38)44-27-7-8-29-26(17-27)19-39(35(29)42)32-11-12-33(40)37-34(32)41/h5-10,15,17,23-24,28,32H,2-4,11-14,16,18-21H2,1H3,(H,37,40,41)/t23-,24+,28+,32?/m1/s1. The van der Waals surface area contributed by atoms with Crippen LogP contribution in [0.5, 0.6) is 5.75 Å². The number of methoxy groups -OCH3 is 1. The Morgan fingerprint density at radius 2 is 1.91 bits per heavy atom. The van der Waals surface area contributed by atoms with Gasteiger partial charge in [0.25, 0.3) is 5.91 Å². The number of imide groups is 1. The second kappa shape index (κ2) is 12.3. The first kappa shape index (κ1) is 28.9. The molecule has 4 heterocycles. The zero-order valence-corrected chi connectivity index (χ0v) is 25.3. The molecule has 230 valence electrons. The first-order valence-electron chi connectivity index (χ1n) is 16.0. The maximum absolute atomic E-state index is 13.0. The lowest BCUT2D eigenvalue weighted by atomic mass is 9.80. The molecule has 0 radical (unpaired) electrons. The lowest BCUT2D eigenvalue weighted by Crippen LogP contribution is -2.52. The Bertz CT molecular complexity index is 1590. The number of amides is 3. The highest BCUT2D eigenvalue weighted by Crippen LogP contribution is 2.36. The Morgan fingerprint density at radius 1 is 1.00 bits per heavy atom. The number of fused-ring (bicyclic) bond motifs is 2. The third kappa shape index (κ3) is 5.95. The second-order valence-electron chi connectivity index (χ2n) is 12.9. The highest BCUT2D eigenvalue weighted by Gasteiger charge is 2.39. The number of ether oxygens (including phenoxy) is 2. The van der Waals surface area contributed by atoms with Gasteiger partial charge in [-0.15, -0.1) is 0 Å². The summed E-state index contributed by atoms with van der Waals surface area (Å²) in [6, 6.07) is 16.1. The Kier molecular flexibility index (Phi) is 8.08. The van der Waals surface area contributed by atoms with Crippen molar-refractivity contribution in [3.8, 4) is 5.75 Å². The van der Waals surface area contributed by atoms with Gasteiger partial charge in [0.15, 0.2) is 0 Å². The molecular formula is C35H40N4O5. The summed E-state index contributed by atoms with van der Waals surface area (Å²) in [5.74, 6) is 1.05. The van der Waals surface area contributed by atoms with Crippen molar-refractivity contribution in [2.45, 2.75) is 76.1 Å². The van der Waals surface area contributed by atoms with Gasteiger partial charge in [-0.05, 0) is 85.5 Å². The van der Waals surface area contributed by atoms with E-state index >= 15 is 0 Å². The average Bonchev–Trinajstić information content (AvgIpc) is 3.60. The topological polar surface area (TPSA) is 101 Å². The molecule has 9 nitrogen and oxygen atoms in total. The van der Waals surface area contributed by atoms with E-state index in [0.717, 1.165) is 55.9 Å². The molecule has 1 aromatic heterocycles. The molecule has 7 rings (SSSR count). The average molecular weight is 597 g/mol. The molecule has 1 N–H and O–H groups in total. The number of aromatic nitrogens is 1. The smallest absolute Gasteiger partial charge is 0.255 e. The van der Waals surface area contributed by atoms with Gasteiger partial charge in [0.1, 0.15) is 17.9 Å². The molecule has 44 heavy (non-hydrogen) atoms. The quantitative estimate of drug-likeness (QED) is 0.380. The summed E-state index contributed by atoms with van der Waals surface area (Å²) >= 11 is 0. The molecule has 3 aliphatic heterocycles. The zero-order chi connectivity index (χ0) is 30.2. The third-order valence-corrected chi connectivity index (χ3v) is 9.81. The highest BCUT2D eigenvalue weighted by molar-refractivity contribution is 6.05. The van der Waals surface area contributed by atoms with E-state index in [0.29, 0.717) is 30.4 Å². The Balaban J connectivity index is 0.947. The van der Waals surface area contributed by atoms with Gasteiger partial charge in [-0.25, -0.2) is 0 Å². The minimum Gasteiger partial charge on any atom is -0.489 e. The van der Waals surface area contributed by atoms with Gasteiger partial charge in [0.2, 0.25) is 11.8 Å². The first-order chi connectivity index (χ1) is 21.4. The number of hydrogen-bond donors (Lipinski definition) is 1. The van der Waals surface area contributed by atoms with Gasteiger partial charge in [0.05, 0.1) is 5.52 Å². The van der Waals surface area contributed by atoms with Gasteiger partial charge in [0, 0.05) is 68.9 Å². The van der Waals surface area contributed by atoms with Crippen molar-refractivity contribution in [2.24, 2.45) is 5.92 Å². The zero-order valence-electron chi connectivity index (χ0n) is 25.3. The molecule has 2 saturated heterocycles. The molecular weight excluding hydrogens is 556 g/mol. The molecule has 3 amide bonds. The van der Waals surface area contributed by atoms with Crippen LogP contribution >= 0.6 is 0 Å². The first-order valence-corrected chi connectivity index (χ1v) is 16.0. The summed E-state index contributed by atoms with van der Waals surface area (Å²) in [7, 11) is 1.80. The van der Waals surface area contributed by atoms with Crippen LogP contribution in [0.25, 0.3) is 10.9 Å². The molecule has 0 bridgehead atoms. The number of nitrogens with zero attached hydrogens (tertiary/aromatic N) is 3. The fourth-order valence-electron chi connectivity index (χ4n) is 7.57. The summed E-state index contributed by atoms with van der Waals surface area (Å²) in [5.41, 5.74) is 5.01.